The summed E-state index contributed by atoms with van der Waals surface area (Å²) in [7, 11) is 0. The highest BCUT2D eigenvalue weighted by molar-refractivity contribution is 6.31. The lowest BCUT2D eigenvalue weighted by Gasteiger charge is -1.91. The van der Waals surface area contributed by atoms with Crippen molar-refractivity contribution < 1.29 is 30.0 Å². The van der Waals surface area contributed by atoms with E-state index in [1.165, 1.54) is 12.1 Å². The number of carbonyl (C=O) groups is 2. The van der Waals surface area contributed by atoms with Crippen molar-refractivity contribution >= 4 is 11.8 Å². The lowest BCUT2D eigenvalue weighted by atomic mass is 10.3. The third kappa shape index (κ3) is 9.54. The molecule has 6 heteroatoms. The van der Waals surface area contributed by atoms with Gasteiger partial charge in [0.15, 0.2) is 11.5 Å². The largest absolute Gasteiger partial charge is 0.508 e. The second-order valence-electron chi connectivity index (χ2n) is 3.69. The summed E-state index contributed by atoms with van der Waals surface area (Å²) in [6, 6.07) is 14.9. The minimum atomic E-state index is -1.38. The van der Waals surface area contributed by atoms with E-state index in [1.807, 2.05) is 6.07 Å². The SMILES string of the molecule is CC(=O)C(=O)O.Oc1ccccc1.Oc1ccccc1O. The lowest BCUT2D eigenvalue weighted by molar-refractivity contribution is -0.148. The zero-order chi connectivity index (χ0) is 16.3. The fourth-order valence-corrected chi connectivity index (χ4v) is 0.892. The van der Waals surface area contributed by atoms with E-state index in [2.05, 4.69) is 0 Å². The monoisotopic (exact) mass is 292 g/mol. The van der Waals surface area contributed by atoms with Crippen molar-refractivity contribution in [3.05, 3.63) is 54.6 Å². The van der Waals surface area contributed by atoms with Crippen LogP contribution in [0.3, 0.4) is 0 Å². The van der Waals surface area contributed by atoms with Gasteiger partial charge in [-0.05, 0) is 24.3 Å². The Bertz CT molecular complexity index is 532. The Labute approximate surface area is 121 Å². The van der Waals surface area contributed by atoms with Gasteiger partial charge in [0.05, 0.1) is 0 Å². The molecule has 4 N–H and O–H groups in total. The quantitative estimate of drug-likeness (QED) is 0.473. The minimum Gasteiger partial charge on any atom is -0.508 e. The van der Waals surface area contributed by atoms with E-state index < -0.39 is 11.8 Å². The molecule has 2 aromatic carbocycles. The highest BCUT2D eigenvalue weighted by atomic mass is 16.4. The van der Waals surface area contributed by atoms with Gasteiger partial charge in [-0.15, -0.1) is 0 Å². The van der Waals surface area contributed by atoms with Crippen LogP contribution in [0.2, 0.25) is 0 Å². The first-order chi connectivity index (χ1) is 9.84. The number of aliphatic carboxylic acids is 1. The van der Waals surface area contributed by atoms with Crippen molar-refractivity contribution in [3.8, 4) is 17.2 Å². The average Bonchev–Trinajstić information content (AvgIpc) is 2.44. The number of phenols is 3. The smallest absolute Gasteiger partial charge is 0.371 e. The molecular weight excluding hydrogens is 276 g/mol. The Morgan fingerprint density at radius 1 is 0.762 bits per heavy atom. The molecule has 0 saturated heterocycles. The van der Waals surface area contributed by atoms with Gasteiger partial charge in [0.1, 0.15) is 5.75 Å². The number of Topliss-reactive ketones (excluding diaryl/α,β-unsaturated/α-hetero) is 1. The molecule has 0 atom stereocenters. The third-order valence-corrected chi connectivity index (χ3v) is 1.94. The summed E-state index contributed by atoms with van der Waals surface area (Å²) in [6.45, 7) is 1.00. The zero-order valence-electron chi connectivity index (χ0n) is 11.3. The van der Waals surface area contributed by atoms with Crippen molar-refractivity contribution in [2.24, 2.45) is 0 Å². The van der Waals surface area contributed by atoms with Gasteiger partial charge >= 0.3 is 5.97 Å². The Morgan fingerprint density at radius 2 is 1.10 bits per heavy atom. The number of hydrogen-bond acceptors (Lipinski definition) is 5. The first kappa shape index (κ1) is 18.0. The van der Waals surface area contributed by atoms with E-state index in [0.29, 0.717) is 5.75 Å². The van der Waals surface area contributed by atoms with Crippen LogP contribution in [0.4, 0.5) is 0 Å². The van der Waals surface area contributed by atoms with Crippen LogP contribution in [0.15, 0.2) is 54.6 Å². The van der Waals surface area contributed by atoms with Crippen molar-refractivity contribution in [3.63, 3.8) is 0 Å². The molecular formula is C15H16O6. The van der Waals surface area contributed by atoms with Gasteiger partial charge in [-0.1, -0.05) is 30.3 Å². The van der Waals surface area contributed by atoms with Crippen LogP contribution in [0.1, 0.15) is 6.92 Å². The van der Waals surface area contributed by atoms with Gasteiger partial charge in [0, 0.05) is 6.92 Å². The molecule has 2 rings (SSSR count). The predicted octanol–water partition coefficient (Wildman–Crippen LogP) is 2.15. The second kappa shape index (κ2) is 9.85. The summed E-state index contributed by atoms with van der Waals surface area (Å²) in [6.07, 6.45) is 0. The summed E-state index contributed by atoms with van der Waals surface area (Å²) in [5.74, 6) is -2.03. The number of carboxylic acid groups (broad SMARTS) is 1. The minimum absolute atomic E-state index is 0.0764. The molecule has 0 heterocycles. The average molecular weight is 292 g/mol. The van der Waals surface area contributed by atoms with Gasteiger partial charge in [0.25, 0.3) is 0 Å². The molecule has 0 spiro atoms. The summed E-state index contributed by atoms with van der Waals surface area (Å²) in [5, 5.41) is 33.6. The molecule has 0 aliphatic rings. The van der Waals surface area contributed by atoms with E-state index in [1.54, 1.807) is 36.4 Å². The van der Waals surface area contributed by atoms with Crippen LogP contribution in [-0.4, -0.2) is 32.2 Å². The maximum Gasteiger partial charge on any atom is 0.371 e. The number of para-hydroxylation sites is 3. The number of carbonyl (C=O) groups excluding carboxylic acids is 1. The second-order valence-corrected chi connectivity index (χ2v) is 3.69. The first-order valence-electron chi connectivity index (χ1n) is 5.79. The van der Waals surface area contributed by atoms with Crippen LogP contribution in [0.5, 0.6) is 17.2 Å². The zero-order valence-corrected chi connectivity index (χ0v) is 11.3. The Hall–Kier alpha value is -3.02. The molecule has 0 amide bonds. The number of phenolic OH excluding ortho intramolecular Hbond substituents is 3. The molecule has 0 aliphatic heterocycles. The Balaban J connectivity index is 0.000000290. The van der Waals surface area contributed by atoms with E-state index in [0.717, 1.165) is 6.92 Å². The lowest BCUT2D eigenvalue weighted by Crippen LogP contribution is -2.05. The Morgan fingerprint density at radius 3 is 1.29 bits per heavy atom. The first-order valence-corrected chi connectivity index (χ1v) is 5.79. The predicted molar refractivity (Wildman–Crippen MR) is 76.2 cm³/mol. The van der Waals surface area contributed by atoms with Gasteiger partial charge < -0.3 is 20.4 Å². The number of benzene rings is 2. The van der Waals surface area contributed by atoms with E-state index in [4.69, 9.17) is 20.4 Å². The molecule has 0 bridgehead atoms. The molecule has 6 nitrogen and oxygen atoms in total. The fourth-order valence-electron chi connectivity index (χ4n) is 0.892. The van der Waals surface area contributed by atoms with Crippen molar-refractivity contribution in [1.29, 1.82) is 0 Å². The van der Waals surface area contributed by atoms with E-state index in [-0.39, 0.29) is 11.5 Å². The van der Waals surface area contributed by atoms with E-state index >= 15 is 0 Å². The standard InChI is InChI=1S/C6H6O2.C6H6O.C3H4O3/c7-5-3-1-2-4-6(5)8;7-6-4-2-1-3-5-6;1-2(4)3(5)6/h1-4,7-8H;1-5,7H;1H3,(H,5,6). The van der Waals surface area contributed by atoms with Crippen molar-refractivity contribution in [2.75, 3.05) is 0 Å². The maximum atomic E-state index is 9.54. The molecule has 0 unspecified atom stereocenters. The number of carboxylic acids is 1. The van der Waals surface area contributed by atoms with Gasteiger partial charge in [0.2, 0.25) is 5.78 Å². The number of aromatic hydroxyl groups is 3. The van der Waals surface area contributed by atoms with Crippen molar-refractivity contribution in [1.82, 2.24) is 0 Å². The van der Waals surface area contributed by atoms with Crippen LogP contribution < -0.4 is 0 Å². The Kier molecular flexibility index (Phi) is 8.43. The van der Waals surface area contributed by atoms with Crippen molar-refractivity contribution in [2.45, 2.75) is 6.92 Å². The summed E-state index contributed by atoms with van der Waals surface area (Å²) in [4.78, 5) is 18.9. The number of ketones is 1. The maximum absolute atomic E-state index is 9.54. The topological polar surface area (TPSA) is 115 Å². The molecule has 21 heavy (non-hydrogen) atoms. The fraction of sp³-hybridized carbons (Fsp3) is 0.0667. The molecule has 0 radical (unpaired) electrons. The van der Waals surface area contributed by atoms with Crippen LogP contribution in [-0.2, 0) is 9.59 Å². The highest BCUT2D eigenvalue weighted by Gasteiger charge is 1.99. The molecule has 0 aromatic heterocycles. The number of rotatable bonds is 1. The molecule has 112 valence electrons. The number of hydrogen-bond donors (Lipinski definition) is 4. The van der Waals surface area contributed by atoms with Gasteiger partial charge in [-0.3, -0.25) is 4.79 Å². The van der Waals surface area contributed by atoms with Gasteiger partial charge in [-0.25, -0.2) is 4.79 Å². The molecule has 0 saturated carbocycles. The van der Waals surface area contributed by atoms with Crippen LogP contribution in [0.25, 0.3) is 0 Å². The summed E-state index contributed by atoms with van der Waals surface area (Å²) in [5.41, 5.74) is 0. The van der Waals surface area contributed by atoms with Gasteiger partial charge in [-0.2, -0.15) is 0 Å². The molecule has 0 fully saturated rings. The van der Waals surface area contributed by atoms with Crippen LogP contribution in [0, 0.1) is 0 Å². The third-order valence-electron chi connectivity index (χ3n) is 1.94. The summed E-state index contributed by atoms with van der Waals surface area (Å²) < 4.78 is 0. The molecule has 0 aliphatic carbocycles. The molecule has 2 aromatic rings. The van der Waals surface area contributed by atoms with E-state index in [9.17, 15) is 9.59 Å². The summed E-state index contributed by atoms with van der Waals surface area (Å²) >= 11 is 0. The normalized spacial score (nSPS) is 8.43. The van der Waals surface area contributed by atoms with Crippen LogP contribution >= 0.6 is 0 Å². The highest BCUT2D eigenvalue weighted by Crippen LogP contribution is 2.21.